The highest BCUT2D eigenvalue weighted by atomic mass is 16.2. The van der Waals surface area contributed by atoms with E-state index in [0.717, 1.165) is 22.4 Å². The number of nitrogens with one attached hydrogen (secondary N) is 2. The van der Waals surface area contributed by atoms with Crippen LogP contribution in [0, 0.1) is 20.8 Å². The Morgan fingerprint density at radius 2 is 1.87 bits per heavy atom. The fourth-order valence-corrected chi connectivity index (χ4v) is 3.83. The lowest BCUT2D eigenvalue weighted by atomic mass is 10.0. The van der Waals surface area contributed by atoms with Crippen LogP contribution in [0.4, 0.5) is 11.6 Å². The second kappa shape index (κ2) is 8.14. The molecule has 1 aliphatic rings. The molecule has 1 atom stereocenters. The fraction of sp³-hybridized carbons (Fsp3) is 0.292. The number of amides is 1. The maximum Gasteiger partial charge on any atom is 0.252 e. The Kier molecular flexibility index (Phi) is 5.40. The Labute approximate surface area is 176 Å². The van der Waals surface area contributed by atoms with Gasteiger partial charge in [0.15, 0.2) is 0 Å². The van der Waals surface area contributed by atoms with Gasteiger partial charge in [-0.25, -0.2) is 4.98 Å². The molecule has 0 aliphatic carbocycles. The summed E-state index contributed by atoms with van der Waals surface area (Å²) in [4.78, 5) is 34.1. The summed E-state index contributed by atoms with van der Waals surface area (Å²) < 4.78 is 0. The maximum absolute atomic E-state index is 12.7. The van der Waals surface area contributed by atoms with Gasteiger partial charge in [-0.1, -0.05) is 42.0 Å². The molecular formula is C24H26N4O2. The highest BCUT2D eigenvalue weighted by molar-refractivity contribution is 5.97. The third-order valence-electron chi connectivity index (χ3n) is 5.75. The number of H-pyrrole nitrogens is 1. The van der Waals surface area contributed by atoms with Crippen molar-refractivity contribution in [1.29, 1.82) is 0 Å². The van der Waals surface area contributed by atoms with E-state index in [9.17, 15) is 9.59 Å². The summed E-state index contributed by atoms with van der Waals surface area (Å²) in [5.41, 5.74) is 5.92. The summed E-state index contributed by atoms with van der Waals surface area (Å²) in [6.45, 7) is 7.21. The number of aromatic amines is 1. The van der Waals surface area contributed by atoms with Gasteiger partial charge in [0.05, 0.1) is 5.69 Å². The van der Waals surface area contributed by atoms with Crippen molar-refractivity contribution in [2.45, 2.75) is 39.7 Å². The molecule has 0 spiro atoms. The van der Waals surface area contributed by atoms with Crippen molar-refractivity contribution in [1.82, 2.24) is 9.97 Å². The first-order chi connectivity index (χ1) is 14.4. The van der Waals surface area contributed by atoms with Gasteiger partial charge in [-0.05, 0) is 43.5 Å². The summed E-state index contributed by atoms with van der Waals surface area (Å²) in [7, 11) is 0. The average molecular weight is 402 g/mol. The Morgan fingerprint density at radius 3 is 2.63 bits per heavy atom. The third-order valence-corrected chi connectivity index (χ3v) is 5.75. The molecule has 1 saturated heterocycles. The maximum atomic E-state index is 12.7. The Hall–Kier alpha value is -3.41. The Balaban J connectivity index is 1.53. The Bertz CT molecular complexity index is 1130. The number of benzene rings is 2. The first kappa shape index (κ1) is 19.9. The predicted molar refractivity (Wildman–Crippen MR) is 119 cm³/mol. The number of aromatic nitrogens is 2. The van der Waals surface area contributed by atoms with Gasteiger partial charge in [0.1, 0.15) is 0 Å². The number of rotatable bonds is 5. The Morgan fingerprint density at radius 1 is 1.10 bits per heavy atom. The van der Waals surface area contributed by atoms with Gasteiger partial charge in [-0.15, -0.1) is 0 Å². The summed E-state index contributed by atoms with van der Waals surface area (Å²) in [6.07, 6.45) is 0.348. The number of hydrogen-bond acceptors (Lipinski definition) is 4. The molecule has 1 aromatic heterocycles. The highest BCUT2D eigenvalue weighted by Crippen LogP contribution is 2.33. The van der Waals surface area contributed by atoms with E-state index in [1.807, 2.05) is 56.0 Å². The molecule has 0 radical (unpaired) electrons. The average Bonchev–Trinajstić information content (AvgIpc) is 3.11. The molecule has 0 unspecified atom stereocenters. The van der Waals surface area contributed by atoms with Gasteiger partial charge in [0.25, 0.3) is 5.56 Å². The molecule has 2 aromatic carbocycles. The number of nitrogens with zero attached hydrogens (tertiary/aromatic N) is 2. The smallest absolute Gasteiger partial charge is 0.252 e. The lowest BCUT2D eigenvalue weighted by molar-refractivity contribution is -0.117. The van der Waals surface area contributed by atoms with E-state index in [4.69, 9.17) is 0 Å². The van der Waals surface area contributed by atoms with E-state index in [1.165, 1.54) is 11.6 Å². The van der Waals surface area contributed by atoms with Gasteiger partial charge in [0, 0.05) is 37.2 Å². The summed E-state index contributed by atoms with van der Waals surface area (Å²) in [6, 6.07) is 15.7. The molecule has 4 rings (SSSR count). The molecule has 1 fully saturated rings. The van der Waals surface area contributed by atoms with Crippen LogP contribution in [-0.2, 0) is 11.3 Å². The molecule has 1 amide bonds. The van der Waals surface area contributed by atoms with Crippen LogP contribution in [0.15, 0.2) is 53.3 Å². The van der Waals surface area contributed by atoms with Gasteiger partial charge >= 0.3 is 0 Å². The molecule has 30 heavy (non-hydrogen) atoms. The van der Waals surface area contributed by atoms with Crippen LogP contribution in [0.1, 0.15) is 40.3 Å². The van der Waals surface area contributed by atoms with Crippen molar-refractivity contribution in [3.63, 3.8) is 0 Å². The third kappa shape index (κ3) is 4.13. The van der Waals surface area contributed by atoms with Crippen LogP contribution in [-0.4, -0.2) is 22.4 Å². The van der Waals surface area contributed by atoms with Gasteiger partial charge in [-0.2, -0.15) is 0 Å². The lowest BCUT2D eigenvalue weighted by Crippen LogP contribution is -2.25. The van der Waals surface area contributed by atoms with E-state index in [1.54, 1.807) is 0 Å². The zero-order chi connectivity index (χ0) is 21.3. The minimum absolute atomic E-state index is 0.0601. The van der Waals surface area contributed by atoms with Crippen LogP contribution in [0.2, 0.25) is 0 Å². The first-order valence-electron chi connectivity index (χ1n) is 10.2. The zero-order valence-electron chi connectivity index (χ0n) is 17.5. The van der Waals surface area contributed by atoms with Gasteiger partial charge in [-0.3, -0.25) is 14.6 Å². The highest BCUT2D eigenvalue weighted by Gasteiger charge is 2.33. The number of carbonyl (C=O) groups is 1. The molecule has 6 nitrogen and oxygen atoms in total. The second-order valence-electron chi connectivity index (χ2n) is 7.98. The molecule has 6 heteroatoms. The van der Waals surface area contributed by atoms with E-state index in [0.29, 0.717) is 31.2 Å². The molecule has 2 N–H and O–H groups in total. The monoisotopic (exact) mass is 402 g/mol. The van der Waals surface area contributed by atoms with Crippen molar-refractivity contribution in [2.24, 2.45) is 0 Å². The summed E-state index contributed by atoms with van der Waals surface area (Å²) in [5, 5.41) is 3.19. The van der Waals surface area contributed by atoms with E-state index in [-0.39, 0.29) is 17.4 Å². The lowest BCUT2D eigenvalue weighted by Gasteiger charge is -2.20. The predicted octanol–water partition coefficient (Wildman–Crippen LogP) is 3.83. The van der Waals surface area contributed by atoms with Crippen molar-refractivity contribution in [2.75, 3.05) is 16.8 Å². The fourth-order valence-electron chi connectivity index (χ4n) is 3.83. The molecule has 2 heterocycles. The van der Waals surface area contributed by atoms with Crippen LogP contribution < -0.4 is 15.8 Å². The minimum Gasteiger partial charge on any atom is -0.352 e. The topological polar surface area (TPSA) is 78.1 Å². The molecule has 0 bridgehead atoms. The molecule has 0 saturated carbocycles. The van der Waals surface area contributed by atoms with Gasteiger partial charge in [0.2, 0.25) is 11.9 Å². The standard InChI is InChI=1S/C24H26N4O2/c1-15-7-9-18(10-8-15)13-25-24-26-20(12-22(29)27-24)19-11-23(30)28(14-19)21-6-4-5-16(2)17(21)3/h4-10,12,19H,11,13-14H2,1-3H3,(H2,25,26,27,29)/t19-/m0/s1. The van der Waals surface area contributed by atoms with E-state index >= 15 is 0 Å². The zero-order valence-corrected chi connectivity index (χ0v) is 17.5. The molecular weight excluding hydrogens is 376 g/mol. The number of aryl methyl sites for hydroxylation is 2. The molecule has 154 valence electrons. The molecule has 3 aromatic rings. The second-order valence-corrected chi connectivity index (χ2v) is 7.98. The van der Waals surface area contributed by atoms with Crippen LogP contribution in [0.3, 0.4) is 0 Å². The van der Waals surface area contributed by atoms with Crippen LogP contribution in [0.5, 0.6) is 0 Å². The van der Waals surface area contributed by atoms with Crippen molar-refractivity contribution in [3.05, 3.63) is 86.8 Å². The van der Waals surface area contributed by atoms with Crippen molar-refractivity contribution < 1.29 is 4.79 Å². The minimum atomic E-state index is -0.218. The molecule has 1 aliphatic heterocycles. The largest absolute Gasteiger partial charge is 0.352 e. The summed E-state index contributed by atoms with van der Waals surface area (Å²) >= 11 is 0. The van der Waals surface area contributed by atoms with Crippen LogP contribution in [0.25, 0.3) is 0 Å². The first-order valence-corrected chi connectivity index (χ1v) is 10.2. The van der Waals surface area contributed by atoms with Crippen molar-refractivity contribution in [3.8, 4) is 0 Å². The van der Waals surface area contributed by atoms with Gasteiger partial charge < -0.3 is 10.2 Å². The van der Waals surface area contributed by atoms with Crippen molar-refractivity contribution >= 4 is 17.5 Å². The van der Waals surface area contributed by atoms with E-state index < -0.39 is 0 Å². The quantitative estimate of drug-likeness (QED) is 0.680. The number of hydrogen-bond donors (Lipinski definition) is 2. The van der Waals surface area contributed by atoms with E-state index in [2.05, 4.69) is 27.4 Å². The number of carbonyl (C=O) groups excluding carboxylic acids is 1. The summed E-state index contributed by atoms with van der Waals surface area (Å²) in [5.74, 6) is 0.375. The van der Waals surface area contributed by atoms with Crippen LogP contribution >= 0.6 is 0 Å². The SMILES string of the molecule is Cc1ccc(CNc2nc([C@H]3CC(=O)N(c4cccc(C)c4C)C3)cc(=O)[nH]2)cc1. The normalized spacial score (nSPS) is 16.2. The number of anilines is 2.